The van der Waals surface area contributed by atoms with Gasteiger partial charge >= 0.3 is 0 Å². The fraction of sp³-hybridized carbons (Fsp3) is 0.522. The second-order valence-corrected chi connectivity index (χ2v) is 8.58. The van der Waals surface area contributed by atoms with Crippen molar-refractivity contribution >= 4 is 0 Å². The monoisotopic (exact) mass is 406 g/mol. The molecule has 4 heterocycles. The van der Waals surface area contributed by atoms with Crippen molar-refractivity contribution in [1.29, 1.82) is 0 Å². The lowest BCUT2D eigenvalue weighted by Gasteiger charge is -2.31. The molecule has 0 saturated carbocycles. The molecule has 5 rings (SSSR count). The fourth-order valence-electron chi connectivity index (χ4n) is 4.65. The maximum absolute atomic E-state index is 6.15. The van der Waals surface area contributed by atoms with Gasteiger partial charge in [-0.2, -0.15) is 5.10 Å². The van der Waals surface area contributed by atoms with Gasteiger partial charge < -0.3 is 14.2 Å². The van der Waals surface area contributed by atoms with Gasteiger partial charge in [-0.05, 0) is 69.9 Å². The third-order valence-electron chi connectivity index (χ3n) is 6.41. The van der Waals surface area contributed by atoms with Crippen molar-refractivity contribution in [2.24, 2.45) is 0 Å². The first kappa shape index (κ1) is 19.3. The molecular weight excluding hydrogens is 376 g/mol. The zero-order valence-electron chi connectivity index (χ0n) is 18.1. The molecule has 0 aliphatic carbocycles. The van der Waals surface area contributed by atoms with Gasteiger partial charge in [0.15, 0.2) is 5.82 Å². The van der Waals surface area contributed by atoms with Crippen LogP contribution in [0.25, 0.3) is 22.9 Å². The van der Waals surface area contributed by atoms with Crippen molar-refractivity contribution in [3.05, 3.63) is 36.3 Å². The highest BCUT2D eigenvalue weighted by molar-refractivity contribution is 5.69. The van der Waals surface area contributed by atoms with Crippen molar-refractivity contribution in [2.45, 2.75) is 52.1 Å². The number of rotatable bonds is 4. The van der Waals surface area contributed by atoms with Gasteiger partial charge in [-0.3, -0.25) is 0 Å². The summed E-state index contributed by atoms with van der Waals surface area (Å²) in [6, 6.07) is 6.95. The molecule has 2 aromatic heterocycles. The number of ether oxygens (including phenoxy) is 1. The van der Waals surface area contributed by atoms with E-state index in [1.54, 1.807) is 6.33 Å². The van der Waals surface area contributed by atoms with Crippen LogP contribution in [0.1, 0.15) is 51.1 Å². The van der Waals surface area contributed by atoms with Crippen LogP contribution in [-0.4, -0.2) is 55.5 Å². The Kier molecular flexibility index (Phi) is 5.06. The molecule has 0 atom stereocenters. The van der Waals surface area contributed by atoms with Gasteiger partial charge in [-0.25, -0.2) is 14.6 Å². The van der Waals surface area contributed by atoms with Crippen molar-refractivity contribution in [2.75, 3.05) is 26.2 Å². The molecule has 1 fully saturated rings. The number of imidazole rings is 1. The molecule has 1 saturated heterocycles. The van der Waals surface area contributed by atoms with Crippen LogP contribution in [0.15, 0.2) is 30.7 Å². The zero-order valence-corrected chi connectivity index (χ0v) is 18.1. The zero-order chi connectivity index (χ0) is 20.7. The maximum Gasteiger partial charge on any atom is 0.178 e. The average molecular weight is 407 g/mol. The first-order valence-electron chi connectivity index (χ1n) is 11.1. The molecule has 0 radical (unpaired) electrons. The SMILES string of the molecule is CCN1CCC(c2ccc3c(c2)OCCn2cc(-c4ncnn4C(C)C)nc2-3)CC1. The molecule has 0 N–H and O–H groups in total. The van der Waals surface area contributed by atoms with E-state index >= 15 is 0 Å². The number of hydrogen-bond acceptors (Lipinski definition) is 5. The summed E-state index contributed by atoms with van der Waals surface area (Å²) in [5.74, 6) is 3.33. The summed E-state index contributed by atoms with van der Waals surface area (Å²) < 4.78 is 10.3. The quantitative estimate of drug-likeness (QED) is 0.656. The highest BCUT2D eigenvalue weighted by Gasteiger charge is 2.24. The first-order valence-corrected chi connectivity index (χ1v) is 11.1. The van der Waals surface area contributed by atoms with Crippen LogP contribution in [0.3, 0.4) is 0 Å². The summed E-state index contributed by atoms with van der Waals surface area (Å²) >= 11 is 0. The second kappa shape index (κ2) is 7.87. The number of aromatic nitrogens is 5. The minimum Gasteiger partial charge on any atom is -0.491 e. The minimum atomic E-state index is 0.237. The summed E-state index contributed by atoms with van der Waals surface area (Å²) in [4.78, 5) is 11.9. The van der Waals surface area contributed by atoms with Crippen LogP contribution < -0.4 is 4.74 Å². The molecule has 0 spiro atoms. The van der Waals surface area contributed by atoms with E-state index in [2.05, 4.69) is 64.7 Å². The fourth-order valence-corrected chi connectivity index (χ4v) is 4.65. The van der Waals surface area contributed by atoms with Crippen molar-refractivity contribution < 1.29 is 4.74 Å². The summed E-state index contributed by atoms with van der Waals surface area (Å²) in [7, 11) is 0. The van der Waals surface area contributed by atoms with Crippen molar-refractivity contribution in [3.63, 3.8) is 0 Å². The van der Waals surface area contributed by atoms with Gasteiger partial charge in [-0.15, -0.1) is 0 Å². The van der Waals surface area contributed by atoms with Crippen molar-refractivity contribution in [1.82, 2.24) is 29.2 Å². The van der Waals surface area contributed by atoms with E-state index in [9.17, 15) is 0 Å². The number of hydrogen-bond donors (Lipinski definition) is 0. The lowest BCUT2D eigenvalue weighted by atomic mass is 9.88. The molecular formula is C23H30N6O. The van der Waals surface area contributed by atoms with Gasteiger partial charge in [0.05, 0.1) is 12.1 Å². The Morgan fingerprint density at radius 1 is 1.13 bits per heavy atom. The number of piperidine rings is 1. The molecule has 0 unspecified atom stereocenters. The molecule has 0 bridgehead atoms. The van der Waals surface area contributed by atoms with Crippen LogP contribution >= 0.6 is 0 Å². The highest BCUT2D eigenvalue weighted by atomic mass is 16.5. The molecule has 2 aliphatic rings. The van der Waals surface area contributed by atoms with Gasteiger partial charge in [0, 0.05) is 12.2 Å². The van der Waals surface area contributed by atoms with Crippen LogP contribution in [0.5, 0.6) is 5.75 Å². The molecule has 7 heteroatoms. The molecule has 30 heavy (non-hydrogen) atoms. The molecule has 7 nitrogen and oxygen atoms in total. The third-order valence-corrected chi connectivity index (χ3v) is 6.41. The summed E-state index contributed by atoms with van der Waals surface area (Å²) in [6.07, 6.45) is 6.12. The van der Waals surface area contributed by atoms with E-state index in [0.29, 0.717) is 12.5 Å². The van der Waals surface area contributed by atoms with E-state index in [-0.39, 0.29) is 6.04 Å². The molecule has 0 amide bonds. The summed E-state index contributed by atoms with van der Waals surface area (Å²) in [5.41, 5.74) is 3.31. The average Bonchev–Trinajstić information content (AvgIpc) is 3.38. The Hall–Kier alpha value is -2.67. The Bertz CT molecular complexity index is 1030. The smallest absolute Gasteiger partial charge is 0.178 e. The van der Waals surface area contributed by atoms with Gasteiger partial charge in [-0.1, -0.05) is 13.0 Å². The standard InChI is InChI=1S/C23H30N6O/c1-4-27-9-7-17(8-10-27)18-5-6-19-21(13-18)30-12-11-28-14-20(26-22(19)28)23-24-15-25-29(23)16(2)3/h5-6,13-17H,4,7-12H2,1-3H3. The Morgan fingerprint density at radius 3 is 2.73 bits per heavy atom. The molecule has 158 valence electrons. The Labute approximate surface area is 177 Å². The normalized spacial score (nSPS) is 17.5. The molecule has 1 aromatic carbocycles. The predicted octanol–water partition coefficient (Wildman–Crippen LogP) is 3.98. The largest absolute Gasteiger partial charge is 0.491 e. The van der Waals surface area contributed by atoms with Crippen LogP contribution in [0.2, 0.25) is 0 Å². The van der Waals surface area contributed by atoms with Gasteiger partial charge in [0.1, 0.15) is 30.2 Å². The topological polar surface area (TPSA) is 61.0 Å². The lowest BCUT2D eigenvalue weighted by Crippen LogP contribution is -2.32. The van der Waals surface area contributed by atoms with Gasteiger partial charge in [0.25, 0.3) is 0 Å². The number of nitrogens with zero attached hydrogens (tertiary/aromatic N) is 6. The highest BCUT2D eigenvalue weighted by Crippen LogP contribution is 2.38. The number of likely N-dealkylation sites (tertiary alicyclic amines) is 1. The molecule has 3 aromatic rings. The van der Waals surface area contributed by atoms with Crippen molar-refractivity contribution in [3.8, 4) is 28.7 Å². The summed E-state index contributed by atoms with van der Waals surface area (Å²) in [6.45, 7) is 11.4. The van der Waals surface area contributed by atoms with E-state index < -0.39 is 0 Å². The Balaban J connectivity index is 1.47. The third kappa shape index (κ3) is 3.41. The van der Waals surface area contributed by atoms with Crippen LogP contribution in [0, 0.1) is 0 Å². The van der Waals surface area contributed by atoms with E-state index in [1.807, 2.05) is 4.68 Å². The maximum atomic E-state index is 6.15. The second-order valence-electron chi connectivity index (χ2n) is 8.58. The van der Waals surface area contributed by atoms with Crippen LogP contribution in [0.4, 0.5) is 0 Å². The lowest BCUT2D eigenvalue weighted by molar-refractivity contribution is 0.222. The van der Waals surface area contributed by atoms with Gasteiger partial charge in [0.2, 0.25) is 0 Å². The predicted molar refractivity (Wildman–Crippen MR) is 117 cm³/mol. The number of fused-ring (bicyclic) bond motifs is 3. The van der Waals surface area contributed by atoms with Crippen LogP contribution in [-0.2, 0) is 6.54 Å². The van der Waals surface area contributed by atoms with E-state index in [1.165, 1.54) is 31.5 Å². The minimum absolute atomic E-state index is 0.237. The first-order chi connectivity index (χ1) is 14.6. The Morgan fingerprint density at radius 2 is 1.97 bits per heavy atom. The molecule has 2 aliphatic heterocycles. The summed E-state index contributed by atoms with van der Waals surface area (Å²) in [5, 5.41) is 4.36. The van der Waals surface area contributed by atoms with E-state index in [4.69, 9.17) is 9.72 Å². The van der Waals surface area contributed by atoms with E-state index in [0.717, 1.165) is 41.7 Å². The number of benzene rings is 1.